The highest BCUT2D eigenvalue weighted by atomic mass is 32.1. The molecular formula is C26H32N8O5S. The Morgan fingerprint density at radius 1 is 1.20 bits per heavy atom. The van der Waals surface area contributed by atoms with E-state index in [9.17, 15) is 19.8 Å². The molecule has 0 aliphatic carbocycles. The largest absolute Gasteiger partial charge is 0.492 e. The minimum Gasteiger partial charge on any atom is -0.492 e. The van der Waals surface area contributed by atoms with Gasteiger partial charge in [0.1, 0.15) is 17.8 Å². The van der Waals surface area contributed by atoms with Crippen LogP contribution in [0.2, 0.25) is 0 Å². The Hall–Kier alpha value is -3.88. The molecule has 1 fully saturated rings. The summed E-state index contributed by atoms with van der Waals surface area (Å²) in [6.45, 7) is 4.58. The number of guanidine groups is 2. The molecule has 3 unspecified atom stereocenters. The minimum atomic E-state index is -2.59. The van der Waals surface area contributed by atoms with Crippen LogP contribution in [-0.2, 0) is 5.41 Å². The third kappa shape index (κ3) is 3.81. The lowest BCUT2D eigenvalue weighted by molar-refractivity contribution is -0.230. The summed E-state index contributed by atoms with van der Waals surface area (Å²) < 4.78 is 5.89. The molecular weight excluding hydrogens is 536 g/mol. The van der Waals surface area contributed by atoms with Gasteiger partial charge in [-0.1, -0.05) is 32.0 Å². The Morgan fingerprint density at radius 2 is 2.00 bits per heavy atom. The van der Waals surface area contributed by atoms with Crippen molar-refractivity contribution in [1.82, 2.24) is 20.9 Å². The molecule has 4 aliphatic heterocycles. The smallest absolute Gasteiger partial charge is 0.261 e. The number of rotatable bonds is 5. The van der Waals surface area contributed by atoms with Crippen LogP contribution < -0.4 is 32.2 Å². The second-order valence-corrected chi connectivity index (χ2v) is 12.1. The number of fused-ring (bicyclic) bond motifs is 1. The molecule has 5 heterocycles. The highest BCUT2D eigenvalue weighted by Gasteiger charge is 2.73. The summed E-state index contributed by atoms with van der Waals surface area (Å²) in [5.41, 5.74) is 11.7. The first-order valence-electron chi connectivity index (χ1n) is 13.0. The SMILES string of the molecule is CC1(C)CCOc2c(C(=O)NC3CN4C(N)=N[C@@H](CNC(=O)c5cccs5)C5N=C(N)NC54C3(O)O)cccc21. The van der Waals surface area contributed by atoms with Crippen molar-refractivity contribution in [1.29, 1.82) is 0 Å². The van der Waals surface area contributed by atoms with Gasteiger partial charge in [0.15, 0.2) is 17.6 Å². The first-order valence-corrected chi connectivity index (χ1v) is 13.9. The zero-order valence-corrected chi connectivity index (χ0v) is 22.9. The summed E-state index contributed by atoms with van der Waals surface area (Å²) in [5, 5.41) is 33.7. The van der Waals surface area contributed by atoms with E-state index in [1.165, 1.54) is 16.2 Å². The lowest BCUT2D eigenvalue weighted by Gasteiger charge is -2.49. The highest BCUT2D eigenvalue weighted by molar-refractivity contribution is 7.12. The van der Waals surface area contributed by atoms with Crippen LogP contribution in [-0.4, -0.2) is 88.1 Å². The van der Waals surface area contributed by atoms with Gasteiger partial charge in [-0.25, -0.2) is 9.98 Å². The molecule has 1 spiro atoms. The Kier molecular flexibility index (Phi) is 5.98. The van der Waals surface area contributed by atoms with Crippen molar-refractivity contribution < 1.29 is 24.5 Å². The number of carbonyl (C=O) groups is 2. The summed E-state index contributed by atoms with van der Waals surface area (Å²) in [5.74, 6) is -2.97. The van der Waals surface area contributed by atoms with Gasteiger partial charge in [0.05, 0.1) is 23.1 Å². The van der Waals surface area contributed by atoms with E-state index in [0.717, 1.165) is 12.0 Å². The van der Waals surface area contributed by atoms with Crippen LogP contribution in [0.4, 0.5) is 0 Å². The van der Waals surface area contributed by atoms with Gasteiger partial charge in [0.25, 0.3) is 11.8 Å². The topological polar surface area (TPSA) is 200 Å². The number of aliphatic hydroxyl groups is 2. The molecule has 6 rings (SSSR count). The summed E-state index contributed by atoms with van der Waals surface area (Å²) in [6, 6.07) is 5.92. The molecule has 13 nitrogen and oxygen atoms in total. The molecule has 2 aromatic rings. The number of nitrogens with one attached hydrogen (secondary N) is 3. The van der Waals surface area contributed by atoms with Gasteiger partial charge in [0, 0.05) is 18.7 Å². The van der Waals surface area contributed by atoms with E-state index in [0.29, 0.717) is 22.8 Å². The number of amides is 2. The van der Waals surface area contributed by atoms with Crippen LogP contribution in [0.1, 0.15) is 45.9 Å². The molecule has 4 atom stereocenters. The fraction of sp³-hybridized carbons (Fsp3) is 0.462. The van der Waals surface area contributed by atoms with E-state index in [-0.39, 0.29) is 36.3 Å². The van der Waals surface area contributed by atoms with Crippen molar-refractivity contribution in [2.24, 2.45) is 21.5 Å². The number of carbonyl (C=O) groups excluding carboxylic acids is 2. The van der Waals surface area contributed by atoms with Crippen LogP contribution in [0.15, 0.2) is 45.7 Å². The number of nitrogens with zero attached hydrogens (tertiary/aromatic N) is 3. The fourth-order valence-electron chi connectivity index (χ4n) is 6.13. The normalized spacial score (nSPS) is 29.1. The summed E-state index contributed by atoms with van der Waals surface area (Å²) in [4.78, 5) is 37.0. The van der Waals surface area contributed by atoms with Crippen LogP contribution in [0.25, 0.3) is 0 Å². The van der Waals surface area contributed by atoms with Gasteiger partial charge in [-0.2, -0.15) is 0 Å². The van der Waals surface area contributed by atoms with E-state index in [2.05, 4.69) is 39.8 Å². The number of hydrogen-bond donors (Lipinski definition) is 7. The molecule has 1 aromatic carbocycles. The fourth-order valence-corrected chi connectivity index (χ4v) is 6.77. The third-order valence-corrected chi connectivity index (χ3v) is 9.15. The van der Waals surface area contributed by atoms with Gasteiger partial charge < -0.3 is 47.3 Å². The lowest BCUT2D eigenvalue weighted by atomic mass is 9.79. The monoisotopic (exact) mass is 568 g/mol. The van der Waals surface area contributed by atoms with E-state index in [1.807, 2.05) is 6.07 Å². The molecule has 0 bridgehead atoms. The summed E-state index contributed by atoms with van der Waals surface area (Å²) in [6.07, 6.45) is 0.809. The first kappa shape index (κ1) is 26.3. The van der Waals surface area contributed by atoms with Gasteiger partial charge in [-0.15, -0.1) is 11.3 Å². The van der Waals surface area contributed by atoms with E-state index < -0.39 is 35.5 Å². The number of nitrogens with two attached hydrogens (primary N) is 2. The molecule has 1 saturated heterocycles. The van der Waals surface area contributed by atoms with Crippen LogP contribution in [0.5, 0.6) is 5.75 Å². The zero-order chi connectivity index (χ0) is 28.4. The lowest BCUT2D eigenvalue weighted by Crippen LogP contribution is -2.78. The molecule has 4 aliphatic rings. The van der Waals surface area contributed by atoms with Crippen molar-refractivity contribution in [3.05, 3.63) is 51.7 Å². The molecule has 0 saturated carbocycles. The van der Waals surface area contributed by atoms with Gasteiger partial charge >= 0.3 is 0 Å². The summed E-state index contributed by atoms with van der Waals surface area (Å²) >= 11 is 1.29. The predicted molar refractivity (Wildman–Crippen MR) is 148 cm³/mol. The number of hydrogen-bond acceptors (Lipinski definition) is 12. The molecule has 0 radical (unpaired) electrons. The number of para-hydroxylation sites is 1. The van der Waals surface area contributed by atoms with Crippen LogP contribution in [0.3, 0.4) is 0 Å². The van der Waals surface area contributed by atoms with E-state index in [1.54, 1.807) is 29.6 Å². The number of thiophene rings is 1. The van der Waals surface area contributed by atoms with Crippen LogP contribution in [0, 0.1) is 0 Å². The van der Waals surface area contributed by atoms with Crippen molar-refractivity contribution in [3.8, 4) is 5.75 Å². The molecule has 14 heteroatoms. The second-order valence-electron chi connectivity index (χ2n) is 11.1. The van der Waals surface area contributed by atoms with Crippen LogP contribution >= 0.6 is 11.3 Å². The second kappa shape index (κ2) is 9.08. The predicted octanol–water partition coefficient (Wildman–Crippen LogP) is -0.987. The highest BCUT2D eigenvalue weighted by Crippen LogP contribution is 2.45. The van der Waals surface area contributed by atoms with E-state index >= 15 is 0 Å². The average molecular weight is 569 g/mol. The molecule has 1 aromatic heterocycles. The number of ether oxygens (including phenoxy) is 1. The maximum atomic E-state index is 13.6. The van der Waals surface area contributed by atoms with Crippen molar-refractivity contribution in [3.63, 3.8) is 0 Å². The molecule has 9 N–H and O–H groups in total. The quantitative estimate of drug-likeness (QED) is 0.221. The van der Waals surface area contributed by atoms with Gasteiger partial charge in [-0.3, -0.25) is 9.59 Å². The zero-order valence-electron chi connectivity index (χ0n) is 22.0. The first-order chi connectivity index (χ1) is 19.0. The van der Waals surface area contributed by atoms with Gasteiger partial charge in [0.2, 0.25) is 5.79 Å². The Balaban J connectivity index is 1.27. The standard InChI is InChI=1S/C26H32N8O5S/c1-24(2)8-9-39-18-13(5-3-6-14(18)24)20(35)31-17-12-34-23(28)30-15(11-29-21(36)16-7-4-10-40-16)19-25(34,26(17,37)38)33-22(27)32-19/h3-7,10,15,17,19,37-38H,8-9,11-12H2,1-2H3,(H2,28,30)(H,29,36)(H,31,35)(H3,27,32,33)/t15-,17?,19?,25?/m0/s1. The maximum Gasteiger partial charge on any atom is 0.261 e. The molecule has 40 heavy (non-hydrogen) atoms. The van der Waals surface area contributed by atoms with Crippen molar-refractivity contribution in [2.45, 2.75) is 55.3 Å². The summed E-state index contributed by atoms with van der Waals surface area (Å²) in [7, 11) is 0. The van der Waals surface area contributed by atoms with Crippen molar-refractivity contribution >= 4 is 35.1 Å². The Morgan fingerprint density at radius 3 is 2.75 bits per heavy atom. The van der Waals surface area contributed by atoms with Crippen molar-refractivity contribution in [2.75, 3.05) is 19.7 Å². The maximum absolute atomic E-state index is 13.6. The Labute approximate surface area is 234 Å². The van der Waals surface area contributed by atoms with Gasteiger partial charge in [-0.05, 0) is 29.3 Å². The third-order valence-electron chi connectivity index (χ3n) is 8.29. The molecule has 2 amide bonds. The average Bonchev–Trinajstić information content (AvgIpc) is 3.61. The number of benzene rings is 1. The number of aliphatic imine (C=N–C) groups is 2. The Bertz CT molecular complexity index is 1420. The minimum absolute atomic E-state index is 0.00424. The van der Waals surface area contributed by atoms with E-state index in [4.69, 9.17) is 16.2 Å². The molecule has 212 valence electrons.